The number of sulfonamides is 1. The molecule has 3 aliphatic carbocycles. The summed E-state index contributed by atoms with van der Waals surface area (Å²) >= 11 is 0. The van der Waals surface area contributed by atoms with E-state index in [1.165, 1.54) is 30.4 Å². The molecule has 0 radical (unpaired) electrons. The number of carbonyl (C=O) groups is 2. The summed E-state index contributed by atoms with van der Waals surface area (Å²) < 4.78 is 35.7. The number of likely N-dealkylation sites (tertiary alicyclic amines) is 1. The molecule has 3 aliphatic heterocycles. The third kappa shape index (κ3) is 4.10. The molecule has 10 heteroatoms. The quantitative estimate of drug-likeness (QED) is 0.417. The van der Waals surface area contributed by atoms with Crippen LogP contribution >= 0.6 is 0 Å². The van der Waals surface area contributed by atoms with Gasteiger partial charge in [0, 0.05) is 48.6 Å². The van der Waals surface area contributed by atoms with Gasteiger partial charge in [0.2, 0.25) is 15.9 Å². The Morgan fingerprint density at radius 2 is 1.73 bits per heavy atom. The molecular weight excluding hydrogens is 588 g/mol. The molecule has 0 bridgehead atoms. The zero-order valence-corrected chi connectivity index (χ0v) is 26.5. The molecule has 4 heterocycles. The summed E-state index contributed by atoms with van der Waals surface area (Å²) in [4.78, 5) is 30.5. The Morgan fingerprint density at radius 1 is 0.978 bits per heavy atom. The van der Waals surface area contributed by atoms with E-state index in [9.17, 15) is 18.0 Å². The number of nitrogens with zero attached hydrogens (tertiary/aromatic N) is 2. The van der Waals surface area contributed by atoms with Gasteiger partial charge in [0.25, 0.3) is 5.91 Å². The molecule has 45 heavy (non-hydrogen) atoms. The highest BCUT2D eigenvalue weighted by Gasteiger charge is 2.67. The van der Waals surface area contributed by atoms with Crippen LogP contribution in [0.5, 0.6) is 5.75 Å². The fourth-order valence-electron chi connectivity index (χ4n) is 9.25. The third-order valence-corrected chi connectivity index (χ3v) is 13.6. The Labute approximate surface area is 263 Å². The average Bonchev–Trinajstić information content (AvgIpc) is 3.92. The maximum Gasteiger partial charge on any atom is 0.264 e. The van der Waals surface area contributed by atoms with E-state index in [1.54, 1.807) is 13.2 Å². The van der Waals surface area contributed by atoms with E-state index in [4.69, 9.17) is 4.74 Å². The van der Waals surface area contributed by atoms with Crippen molar-refractivity contribution in [2.45, 2.75) is 74.0 Å². The molecule has 1 aromatic heterocycles. The summed E-state index contributed by atoms with van der Waals surface area (Å²) in [7, 11) is -2.01. The van der Waals surface area contributed by atoms with Crippen molar-refractivity contribution >= 4 is 32.7 Å². The summed E-state index contributed by atoms with van der Waals surface area (Å²) in [5.74, 6) is 1.69. The summed E-state index contributed by atoms with van der Waals surface area (Å²) in [6.45, 7) is 3.45. The van der Waals surface area contributed by atoms with Gasteiger partial charge < -0.3 is 19.5 Å². The number of ether oxygens (including phenoxy) is 1. The summed E-state index contributed by atoms with van der Waals surface area (Å²) in [6, 6.07) is 11.9. The van der Waals surface area contributed by atoms with Crippen molar-refractivity contribution in [1.82, 2.24) is 19.5 Å². The van der Waals surface area contributed by atoms with Crippen LogP contribution in [0.2, 0.25) is 0 Å². The first-order chi connectivity index (χ1) is 21.8. The molecule has 4 unspecified atom stereocenters. The van der Waals surface area contributed by atoms with Crippen LogP contribution in [0.15, 0.2) is 36.4 Å². The van der Waals surface area contributed by atoms with Crippen molar-refractivity contribution in [2.75, 3.05) is 33.3 Å². The number of aromatic nitrogens is 1. The number of carbonyl (C=O) groups excluding carboxylic acids is 2. The third-order valence-electron chi connectivity index (χ3n) is 11.7. The summed E-state index contributed by atoms with van der Waals surface area (Å²) in [5, 5.41) is 4.08. The largest absolute Gasteiger partial charge is 0.497 e. The molecule has 3 aromatic rings. The number of hydrogen-bond acceptors (Lipinski definition) is 6. The molecule has 236 valence electrons. The van der Waals surface area contributed by atoms with Crippen LogP contribution in [0.3, 0.4) is 0 Å². The van der Waals surface area contributed by atoms with E-state index in [1.807, 2.05) is 18.2 Å². The lowest BCUT2D eigenvalue weighted by molar-refractivity contribution is -0.135. The number of rotatable bonds is 6. The number of benzene rings is 2. The van der Waals surface area contributed by atoms with Gasteiger partial charge in [0.05, 0.1) is 23.6 Å². The van der Waals surface area contributed by atoms with Gasteiger partial charge in [-0.05, 0) is 91.3 Å². The van der Waals surface area contributed by atoms with E-state index in [0.717, 1.165) is 66.9 Å². The summed E-state index contributed by atoms with van der Waals surface area (Å²) in [5.41, 5.74) is 5.08. The highest BCUT2D eigenvalue weighted by molar-refractivity contribution is 7.91. The monoisotopic (exact) mass is 628 g/mol. The number of nitrogens with one attached hydrogen (secondary N) is 2. The maximum absolute atomic E-state index is 14.9. The van der Waals surface area contributed by atoms with Gasteiger partial charge in [-0.2, -0.15) is 0 Å². The van der Waals surface area contributed by atoms with Gasteiger partial charge >= 0.3 is 0 Å². The summed E-state index contributed by atoms with van der Waals surface area (Å²) in [6.07, 6.45) is 7.62. The molecule has 6 aliphatic rings. The first-order valence-corrected chi connectivity index (χ1v) is 18.3. The first-order valence-electron chi connectivity index (χ1n) is 16.7. The van der Waals surface area contributed by atoms with E-state index >= 15 is 0 Å². The van der Waals surface area contributed by atoms with Crippen molar-refractivity contribution in [3.63, 3.8) is 0 Å². The molecule has 2 aromatic carbocycles. The van der Waals surface area contributed by atoms with Crippen LogP contribution < -0.4 is 14.8 Å². The normalized spacial score (nSPS) is 28.7. The topological polar surface area (TPSA) is 110 Å². The minimum absolute atomic E-state index is 0.00342. The number of methoxy groups -OCH3 is 1. The van der Waals surface area contributed by atoms with Crippen molar-refractivity contribution in [1.29, 1.82) is 0 Å². The second-order valence-corrected chi connectivity index (χ2v) is 16.3. The van der Waals surface area contributed by atoms with Crippen molar-refractivity contribution in [2.24, 2.45) is 11.8 Å². The van der Waals surface area contributed by atoms with E-state index < -0.39 is 26.7 Å². The number of fused-ring (bicyclic) bond motifs is 9. The Bertz CT molecular complexity index is 1860. The first kappa shape index (κ1) is 27.9. The second-order valence-electron chi connectivity index (χ2n) is 14.4. The molecule has 3 saturated carbocycles. The van der Waals surface area contributed by atoms with Crippen molar-refractivity contribution in [3.8, 4) is 17.0 Å². The van der Waals surface area contributed by atoms with Crippen LogP contribution in [-0.4, -0.2) is 68.2 Å². The lowest BCUT2D eigenvalue weighted by Gasteiger charge is -2.33. The van der Waals surface area contributed by atoms with Crippen molar-refractivity contribution < 1.29 is 22.7 Å². The van der Waals surface area contributed by atoms with E-state index in [-0.39, 0.29) is 11.8 Å². The van der Waals surface area contributed by atoms with Crippen molar-refractivity contribution in [3.05, 3.63) is 53.1 Å². The van der Waals surface area contributed by atoms with Gasteiger partial charge in [-0.25, -0.2) is 13.1 Å². The Hall–Kier alpha value is -3.37. The predicted molar refractivity (Wildman–Crippen MR) is 171 cm³/mol. The SMILES string of the molecule is COc1ccc2c(c1)C1CC1(C(=O)N1CC3CNCC3C1)n1c-2c(C2CCCCC2)c2ccc(C(=O)NS(=O)(=O)C3CC3)cc21. The average molecular weight is 629 g/mol. The molecule has 2 amide bonds. The second kappa shape index (κ2) is 9.82. The molecule has 0 spiro atoms. The van der Waals surface area contributed by atoms with Crippen LogP contribution in [0.25, 0.3) is 22.2 Å². The smallest absolute Gasteiger partial charge is 0.264 e. The lowest BCUT2D eigenvalue weighted by atomic mass is 9.80. The van der Waals surface area contributed by atoms with Crippen LogP contribution in [-0.2, 0) is 20.4 Å². The van der Waals surface area contributed by atoms with Gasteiger partial charge in [-0.15, -0.1) is 0 Å². The van der Waals surface area contributed by atoms with Gasteiger partial charge in [-0.3, -0.25) is 9.59 Å². The van der Waals surface area contributed by atoms with Gasteiger partial charge in [-0.1, -0.05) is 25.3 Å². The molecule has 2 N–H and O–H groups in total. The van der Waals surface area contributed by atoms with E-state index in [0.29, 0.717) is 42.6 Å². The van der Waals surface area contributed by atoms with Gasteiger partial charge in [0.15, 0.2) is 0 Å². The van der Waals surface area contributed by atoms with Crippen LogP contribution in [0.4, 0.5) is 0 Å². The van der Waals surface area contributed by atoms with Crippen LogP contribution in [0.1, 0.15) is 84.7 Å². The minimum Gasteiger partial charge on any atom is -0.497 e. The predicted octanol–water partition coefficient (Wildman–Crippen LogP) is 4.46. The standard InChI is InChI=1S/C35H40N4O5S/c1-44-24-8-12-26-28(14-24)29-15-35(29,34(41)38-18-22-16-36-17-23(22)19-38)39-30-13-21(33(40)37-45(42,43)25-9-10-25)7-11-27(30)31(32(26)39)20-5-3-2-4-6-20/h7-8,11-14,20,22-23,25,29,36H,2-6,9-10,15-19H2,1H3,(H,37,40). The fourth-order valence-corrected chi connectivity index (χ4v) is 10.6. The highest BCUT2D eigenvalue weighted by Crippen LogP contribution is 2.67. The minimum atomic E-state index is -3.69. The highest BCUT2D eigenvalue weighted by atomic mass is 32.2. The Balaban J connectivity index is 1.25. The van der Waals surface area contributed by atoms with Gasteiger partial charge in [0.1, 0.15) is 11.3 Å². The number of amides is 2. The maximum atomic E-state index is 14.9. The number of hydrogen-bond donors (Lipinski definition) is 2. The zero-order chi connectivity index (χ0) is 30.7. The van der Waals surface area contributed by atoms with Crippen LogP contribution in [0, 0.1) is 11.8 Å². The molecule has 2 saturated heterocycles. The molecule has 9 nitrogen and oxygen atoms in total. The lowest BCUT2D eigenvalue weighted by Crippen LogP contribution is -2.44. The molecule has 4 atom stereocenters. The molecule has 5 fully saturated rings. The Morgan fingerprint density at radius 3 is 2.44 bits per heavy atom. The fraction of sp³-hybridized carbons (Fsp3) is 0.543. The molecule has 9 rings (SSSR count). The molecular formula is C35H40N4O5S. The Kier molecular flexibility index (Phi) is 6.09. The van der Waals surface area contributed by atoms with E-state index in [2.05, 4.69) is 31.6 Å². The zero-order valence-electron chi connectivity index (χ0n) is 25.7.